The first kappa shape index (κ1) is 22.6. The number of H-pyrrole nitrogens is 2. The highest BCUT2D eigenvalue weighted by Crippen LogP contribution is 2.33. The van der Waals surface area contributed by atoms with Crippen LogP contribution in [-0.4, -0.2) is 35.1 Å². The first-order chi connectivity index (χ1) is 17.9. The van der Waals surface area contributed by atoms with Crippen molar-refractivity contribution in [1.29, 1.82) is 0 Å². The van der Waals surface area contributed by atoms with Crippen LogP contribution in [0.2, 0.25) is 0 Å². The van der Waals surface area contributed by atoms with Gasteiger partial charge in [-0.05, 0) is 24.3 Å². The van der Waals surface area contributed by atoms with Gasteiger partial charge in [0.05, 0.1) is 40.3 Å². The summed E-state index contributed by atoms with van der Waals surface area (Å²) in [4.78, 5) is 21.7. The van der Waals surface area contributed by atoms with Crippen molar-refractivity contribution in [3.63, 3.8) is 0 Å². The van der Waals surface area contributed by atoms with Gasteiger partial charge < -0.3 is 10.3 Å². The Hall–Kier alpha value is -4.85. The van der Waals surface area contributed by atoms with E-state index in [1.165, 1.54) is 0 Å². The predicted octanol–water partition coefficient (Wildman–Crippen LogP) is 6.60. The van der Waals surface area contributed by atoms with E-state index in [0.717, 1.165) is 61.4 Å². The smallest absolute Gasteiger partial charge is 0.159 e. The summed E-state index contributed by atoms with van der Waals surface area (Å²) in [6.45, 7) is 10.5. The van der Waals surface area contributed by atoms with Crippen LogP contribution in [0.25, 0.3) is 55.8 Å². The normalized spacial score (nSPS) is 11.8. The van der Waals surface area contributed by atoms with Gasteiger partial charge in [-0.15, -0.1) is 0 Å². The van der Waals surface area contributed by atoms with Crippen LogP contribution in [0.1, 0.15) is 20.8 Å². The molecule has 5 heterocycles. The largest absolute Gasteiger partial charge is 0.358 e. The van der Waals surface area contributed by atoms with E-state index in [1.54, 1.807) is 24.8 Å². The summed E-state index contributed by atoms with van der Waals surface area (Å²) in [5, 5.41) is 12.0. The topological polar surface area (TPSA) is 108 Å². The van der Waals surface area contributed by atoms with E-state index >= 15 is 0 Å². The summed E-state index contributed by atoms with van der Waals surface area (Å²) >= 11 is 0. The number of imidazole rings is 1. The zero-order chi connectivity index (χ0) is 25.6. The maximum atomic E-state index is 4.94. The second-order valence-electron chi connectivity index (χ2n) is 10.0. The number of rotatable bonds is 5. The number of benzene rings is 1. The molecule has 8 nitrogen and oxygen atoms in total. The van der Waals surface area contributed by atoms with Gasteiger partial charge in [0, 0.05) is 51.8 Å². The number of para-hydroxylation sites is 1. The summed E-state index contributed by atoms with van der Waals surface area (Å²) in [5.41, 5.74) is 8.80. The van der Waals surface area contributed by atoms with Crippen molar-refractivity contribution in [2.24, 2.45) is 5.41 Å². The number of hydrogen-bond acceptors (Lipinski definition) is 6. The van der Waals surface area contributed by atoms with E-state index in [9.17, 15) is 0 Å². The quantitative estimate of drug-likeness (QED) is 0.253. The molecule has 0 saturated carbocycles. The van der Waals surface area contributed by atoms with Crippen LogP contribution in [0.3, 0.4) is 0 Å². The Bertz CT molecular complexity index is 1760. The number of aromatic amines is 2. The molecule has 0 amide bonds. The number of fused-ring (bicyclic) bond motifs is 2. The van der Waals surface area contributed by atoms with E-state index in [1.807, 2.05) is 42.6 Å². The third-order valence-electron chi connectivity index (χ3n) is 6.39. The van der Waals surface area contributed by atoms with Gasteiger partial charge in [-0.1, -0.05) is 45.5 Å². The van der Waals surface area contributed by atoms with Crippen molar-refractivity contribution >= 4 is 27.6 Å². The monoisotopic (exact) mass is 486 g/mol. The van der Waals surface area contributed by atoms with E-state index in [4.69, 9.17) is 4.98 Å². The average molecular weight is 487 g/mol. The number of pyridine rings is 3. The lowest BCUT2D eigenvalue weighted by Gasteiger charge is -2.23. The second kappa shape index (κ2) is 8.67. The number of hydrogen-bond donors (Lipinski definition) is 3. The fourth-order valence-corrected chi connectivity index (χ4v) is 4.16. The summed E-state index contributed by atoms with van der Waals surface area (Å²) in [7, 11) is 0. The van der Waals surface area contributed by atoms with Crippen molar-refractivity contribution in [3.05, 3.63) is 85.7 Å². The number of allylic oxidation sites excluding steroid dienone is 1. The van der Waals surface area contributed by atoms with Gasteiger partial charge in [0.15, 0.2) is 5.82 Å². The van der Waals surface area contributed by atoms with Crippen molar-refractivity contribution in [2.45, 2.75) is 20.8 Å². The Kier molecular flexibility index (Phi) is 5.30. The van der Waals surface area contributed by atoms with Crippen molar-refractivity contribution < 1.29 is 0 Å². The Morgan fingerprint density at radius 2 is 1.78 bits per heavy atom. The summed E-state index contributed by atoms with van der Waals surface area (Å²) in [6, 6.07) is 14.1. The zero-order valence-corrected chi connectivity index (χ0v) is 20.9. The van der Waals surface area contributed by atoms with Gasteiger partial charge in [0.25, 0.3) is 0 Å². The molecule has 182 valence electrons. The van der Waals surface area contributed by atoms with Gasteiger partial charge in [0.2, 0.25) is 0 Å². The van der Waals surface area contributed by atoms with Crippen LogP contribution < -0.4 is 5.32 Å². The third-order valence-corrected chi connectivity index (χ3v) is 6.39. The molecule has 0 unspecified atom stereocenters. The molecule has 0 atom stereocenters. The molecule has 6 rings (SSSR count). The van der Waals surface area contributed by atoms with Gasteiger partial charge >= 0.3 is 0 Å². The van der Waals surface area contributed by atoms with Crippen LogP contribution in [0, 0.1) is 5.41 Å². The number of nitrogens with zero attached hydrogens (tertiary/aromatic N) is 5. The van der Waals surface area contributed by atoms with Crippen LogP contribution in [0.4, 0.5) is 5.69 Å². The molecule has 6 aromatic rings. The highest BCUT2D eigenvalue weighted by Gasteiger charge is 2.17. The molecule has 0 spiro atoms. The Morgan fingerprint density at radius 1 is 0.919 bits per heavy atom. The zero-order valence-electron chi connectivity index (χ0n) is 20.9. The predicted molar refractivity (Wildman–Crippen MR) is 148 cm³/mol. The fourth-order valence-electron chi connectivity index (χ4n) is 4.16. The van der Waals surface area contributed by atoms with Gasteiger partial charge in [-0.3, -0.25) is 20.1 Å². The summed E-state index contributed by atoms with van der Waals surface area (Å²) in [6.07, 6.45) is 9.00. The Balaban J connectivity index is 1.40. The molecule has 0 fully saturated rings. The first-order valence-corrected chi connectivity index (χ1v) is 12.0. The Morgan fingerprint density at radius 3 is 2.59 bits per heavy atom. The van der Waals surface area contributed by atoms with Crippen LogP contribution in [0.15, 0.2) is 85.7 Å². The van der Waals surface area contributed by atoms with E-state index < -0.39 is 0 Å². The molecular formula is C29H26N8. The van der Waals surface area contributed by atoms with Crippen LogP contribution >= 0.6 is 0 Å². The maximum Gasteiger partial charge on any atom is 0.159 e. The molecule has 0 aliphatic rings. The molecule has 5 aromatic heterocycles. The third kappa shape index (κ3) is 4.23. The van der Waals surface area contributed by atoms with Gasteiger partial charge in [-0.25, -0.2) is 4.98 Å². The van der Waals surface area contributed by atoms with Crippen molar-refractivity contribution in [1.82, 2.24) is 35.1 Å². The second-order valence-corrected chi connectivity index (χ2v) is 10.0. The highest BCUT2D eigenvalue weighted by atomic mass is 15.1. The minimum atomic E-state index is -0.0671. The fraction of sp³-hybridized carbons (Fsp3) is 0.138. The molecule has 8 heteroatoms. The molecule has 0 aliphatic heterocycles. The molecule has 1 aromatic carbocycles. The lowest BCUT2D eigenvalue weighted by Crippen LogP contribution is -2.15. The number of aromatic nitrogens is 7. The Labute approximate surface area is 214 Å². The van der Waals surface area contributed by atoms with Gasteiger partial charge in [0.1, 0.15) is 5.69 Å². The van der Waals surface area contributed by atoms with Gasteiger partial charge in [-0.2, -0.15) is 5.10 Å². The van der Waals surface area contributed by atoms with E-state index in [2.05, 4.69) is 68.9 Å². The van der Waals surface area contributed by atoms with Crippen molar-refractivity contribution in [3.8, 4) is 33.9 Å². The minimum absolute atomic E-state index is 0.0671. The lowest BCUT2D eigenvalue weighted by molar-refractivity contribution is 0.509. The molecule has 0 bridgehead atoms. The standard InChI is InChI=1S/C29H26N8/c1-17(29(2,3)4)33-20-11-19(14-31-15-20)24-12-22-25(16-32-24)36-37-27(22)28-34-23-9-5-8-21(26(23)35-28)18-7-6-10-30-13-18/h5-16,33H,1H2,2-4H3,(H,34,35)(H,36,37). The van der Waals surface area contributed by atoms with Crippen molar-refractivity contribution in [2.75, 3.05) is 5.32 Å². The van der Waals surface area contributed by atoms with Crippen LogP contribution in [-0.2, 0) is 0 Å². The first-order valence-electron chi connectivity index (χ1n) is 12.0. The molecule has 0 aliphatic carbocycles. The highest BCUT2D eigenvalue weighted by molar-refractivity contribution is 5.97. The minimum Gasteiger partial charge on any atom is -0.358 e. The summed E-state index contributed by atoms with van der Waals surface area (Å²) < 4.78 is 0. The summed E-state index contributed by atoms with van der Waals surface area (Å²) in [5.74, 6) is 0.685. The molecule has 0 radical (unpaired) electrons. The number of anilines is 1. The number of nitrogens with one attached hydrogen (secondary N) is 3. The average Bonchev–Trinajstić information content (AvgIpc) is 3.52. The maximum absolute atomic E-state index is 4.94. The molecule has 37 heavy (non-hydrogen) atoms. The lowest BCUT2D eigenvalue weighted by atomic mass is 9.93. The molecule has 0 saturated heterocycles. The van der Waals surface area contributed by atoms with Crippen LogP contribution in [0.5, 0.6) is 0 Å². The SMILES string of the molecule is C=C(Nc1cncc(-c2cc3c(-c4nc5c(-c6cccnc6)cccc5[nH]4)n[nH]c3cn2)c1)C(C)(C)C. The molecular weight excluding hydrogens is 460 g/mol. The van der Waals surface area contributed by atoms with E-state index in [0.29, 0.717) is 5.82 Å². The van der Waals surface area contributed by atoms with E-state index in [-0.39, 0.29) is 5.41 Å². The molecule has 3 N–H and O–H groups in total.